The van der Waals surface area contributed by atoms with Gasteiger partial charge < -0.3 is 14.2 Å². The van der Waals surface area contributed by atoms with E-state index in [0.29, 0.717) is 31.0 Å². The van der Waals surface area contributed by atoms with Crippen LogP contribution in [0, 0.1) is 5.92 Å². The van der Waals surface area contributed by atoms with Gasteiger partial charge in [0, 0.05) is 26.3 Å². The lowest BCUT2D eigenvalue weighted by Gasteiger charge is -2.22. The molecule has 2 heterocycles. The van der Waals surface area contributed by atoms with Gasteiger partial charge in [0.2, 0.25) is 5.89 Å². The first kappa shape index (κ1) is 23.2. The zero-order valence-corrected chi connectivity index (χ0v) is 20.3. The van der Waals surface area contributed by atoms with Crippen molar-refractivity contribution in [2.24, 2.45) is 5.92 Å². The van der Waals surface area contributed by atoms with Gasteiger partial charge >= 0.3 is 0 Å². The Morgan fingerprint density at radius 1 is 1.32 bits per heavy atom. The smallest absolute Gasteiger partial charge is 0.258 e. The minimum absolute atomic E-state index is 0.0304. The second-order valence-corrected chi connectivity index (χ2v) is 12.2. The molecule has 1 aromatic carbocycles. The molecule has 34 heavy (non-hydrogen) atoms. The highest BCUT2D eigenvalue weighted by atomic mass is 32.2. The number of amides is 1. The van der Waals surface area contributed by atoms with E-state index in [-0.39, 0.29) is 40.8 Å². The van der Waals surface area contributed by atoms with Crippen molar-refractivity contribution in [1.29, 1.82) is 0 Å². The summed E-state index contributed by atoms with van der Waals surface area (Å²) >= 11 is 0. The lowest BCUT2D eigenvalue weighted by atomic mass is 9.98. The van der Waals surface area contributed by atoms with Gasteiger partial charge in [-0.15, -0.1) is 0 Å². The fraction of sp³-hybridized carbons (Fsp3) is 0.609. The average molecular weight is 496 g/mol. The number of sulfone groups is 1. The van der Waals surface area contributed by atoms with Crippen LogP contribution in [0.25, 0.3) is 0 Å². The number of hydrogen-bond acceptors (Lipinski definition) is 7. The Morgan fingerprint density at radius 2 is 2.03 bits per heavy atom. The zero-order chi connectivity index (χ0) is 24.7. The van der Waals surface area contributed by atoms with Gasteiger partial charge in [0.05, 0.1) is 27.4 Å². The van der Waals surface area contributed by atoms with Gasteiger partial charge in [-0.05, 0) is 57.2 Å². The summed E-state index contributed by atoms with van der Waals surface area (Å²) in [5.74, 6) is -2.58. The number of halogens is 2. The fourth-order valence-corrected chi connectivity index (χ4v) is 5.65. The molecule has 0 bridgehead atoms. The molecule has 0 radical (unpaired) electrons. The Kier molecular flexibility index (Phi) is 4.93. The van der Waals surface area contributed by atoms with Gasteiger partial charge in [-0.2, -0.15) is 4.98 Å². The standard InChI is InChI=1S/C23H27F2N3O5S/c1-13(2)32-17-6-5-15(34(4,30)31)9-16(17)18(29)28-11-14-10-22(14,12-28)20-26-19(27-33-20)23(7-8-23)21(3,24)25/h5-6,9,13-14H,7-8,10-12H2,1-4H3. The lowest BCUT2D eigenvalue weighted by molar-refractivity contribution is -0.0235. The predicted molar refractivity (Wildman–Crippen MR) is 117 cm³/mol. The van der Waals surface area contributed by atoms with Crippen LogP contribution in [0.3, 0.4) is 0 Å². The summed E-state index contributed by atoms with van der Waals surface area (Å²) in [6.07, 6.45) is 2.22. The van der Waals surface area contributed by atoms with E-state index >= 15 is 0 Å². The number of ether oxygens (including phenoxy) is 1. The van der Waals surface area contributed by atoms with Gasteiger partial charge in [0.25, 0.3) is 11.8 Å². The van der Waals surface area contributed by atoms with Gasteiger partial charge in [0.1, 0.15) is 5.75 Å². The number of alkyl halides is 2. The summed E-state index contributed by atoms with van der Waals surface area (Å²) < 4.78 is 63.6. The molecular formula is C23H27F2N3O5S. The summed E-state index contributed by atoms with van der Waals surface area (Å²) in [6, 6.07) is 4.27. The molecule has 2 saturated carbocycles. The highest BCUT2D eigenvalue weighted by Crippen LogP contribution is 2.61. The molecule has 8 nitrogen and oxygen atoms in total. The number of benzene rings is 1. The molecule has 1 aliphatic heterocycles. The molecule has 2 aromatic rings. The minimum Gasteiger partial charge on any atom is -0.490 e. The average Bonchev–Trinajstić information content (AvgIpc) is 3.58. The molecule has 1 amide bonds. The molecule has 11 heteroatoms. The lowest BCUT2D eigenvalue weighted by Crippen LogP contribution is -2.33. The second-order valence-electron chi connectivity index (χ2n) is 10.2. The van der Waals surface area contributed by atoms with Crippen LogP contribution in [0.5, 0.6) is 5.75 Å². The van der Waals surface area contributed by atoms with Crippen molar-refractivity contribution in [1.82, 2.24) is 15.0 Å². The molecule has 0 spiro atoms. The second kappa shape index (κ2) is 7.22. The SMILES string of the molecule is CC(C)Oc1ccc(S(C)(=O)=O)cc1C(=O)N1CC2CC2(c2nc(C3(C(C)(F)F)CC3)no2)C1. The first-order valence-electron chi connectivity index (χ1n) is 11.3. The van der Waals surface area contributed by atoms with Crippen molar-refractivity contribution in [3.05, 3.63) is 35.5 Å². The van der Waals surface area contributed by atoms with E-state index in [9.17, 15) is 22.0 Å². The summed E-state index contributed by atoms with van der Waals surface area (Å²) in [6.45, 7) is 5.23. The molecule has 1 saturated heterocycles. The van der Waals surface area contributed by atoms with Crippen LogP contribution in [0.15, 0.2) is 27.6 Å². The van der Waals surface area contributed by atoms with Gasteiger partial charge in [-0.1, -0.05) is 5.16 Å². The molecule has 2 unspecified atom stereocenters. The van der Waals surface area contributed by atoms with E-state index in [1.54, 1.807) is 4.90 Å². The van der Waals surface area contributed by atoms with Crippen molar-refractivity contribution in [3.8, 4) is 5.75 Å². The van der Waals surface area contributed by atoms with Crippen molar-refractivity contribution in [2.75, 3.05) is 19.3 Å². The van der Waals surface area contributed by atoms with Crippen LogP contribution in [0.4, 0.5) is 8.78 Å². The number of rotatable bonds is 7. The number of nitrogens with zero attached hydrogens (tertiary/aromatic N) is 3. The normalized spacial score (nSPS) is 25.4. The molecule has 184 valence electrons. The summed E-state index contributed by atoms with van der Waals surface area (Å²) in [7, 11) is -3.52. The number of likely N-dealkylation sites (tertiary alicyclic amines) is 1. The van der Waals surface area contributed by atoms with E-state index in [2.05, 4.69) is 10.1 Å². The molecule has 3 aliphatic rings. The Morgan fingerprint density at radius 3 is 2.62 bits per heavy atom. The largest absolute Gasteiger partial charge is 0.490 e. The fourth-order valence-electron chi connectivity index (χ4n) is 5.01. The Bertz CT molecular complexity index is 1270. The molecule has 1 aromatic heterocycles. The van der Waals surface area contributed by atoms with Crippen molar-refractivity contribution < 1.29 is 31.3 Å². The third-order valence-electron chi connectivity index (χ3n) is 7.28. The Balaban J connectivity index is 1.41. The molecule has 0 N–H and O–H groups in total. The summed E-state index contributed by atoms with van der Waals surface area (Å²) in [5.41, 5.74) is -1.74. The van der Waals surface area contributed by atoms with Crippen LogP contribution in [-0.2, 0) is 20.7 Å². The molecule has 5 rings (SSSR count). The Labute approximate surface area is 196 Å². The van der Waals surface area contributed by atoms with E-state index in [4.69, 9.17) is 9.26 Å². The van der Waals surface area contributed by atoms with Crippen LogP contribution in [0.1, 0.15) is 62.1 Å². The number of piperidine rings is 1. The van der Waals surface area contributed by atoms with Crippen LogP contribution in [-0.4, -0.2) is 60.7 Å². The van der Waals surface area contributed by atoms with E-state index in [1.165, 1.54) is 18.2 Å². The third kappa shape index (κ3) is 3.59. The van der Waals surface area contributed by atoms with Crippen LogP contribution < -0.4 is 4.74 Å². The maximum absolute atomic E-state index is 14.1. The van der Waals surface area contributed by atoms with Crippen molar-refractivity contribution in [3.63, 3.8) is 0 Å². The molecular weight excluding hydrogens is 468 g/mol. The molecule has 3 fully saturated rings. The number of carbonyl (C=O) groups excluding carboxylic acids is 1. The number of carbonyl (C=O) groups is 1. The zero-order valence-electron chi connectivity index (χ0n) is 19.5. The monoisotopic (exact) mass is 495 g/mol. The Hall–Kier alpha value is -2.56. The van der Waals surface area contributed by atoms with Gasteiger partial charge in [-0.3, -0.25) is 4.79 Å². The summed E-state index contributed by atoms with van der Waals surface area (Å²) in [5, 5.41) is 3.89. The minimum atomic E-state index is -3.52. The maximum Gasteiger partial charge on any atom is 0.258 e. The maximum atomic E-state index is 14.1. The first-order chi connectivity index (χ1) is 15.8. The number of hydrogen-bond donors (Lipinski definition) is 0. The van der Waals surface area contributed by atoms with Gasteiger partial charge in [-0.25, -0.2) is 17.2 Å². The first-order valence-corrected chi connectivity index (χ1v) is 13.2. The van der Waals surface area contributed by atoms with Gasteiger partial charge in [0.15, 0.2) is 15.7 Å². The third-order valence-corrected chi connectivity index (χ3v) is 8.39. The topological polar surface area (TPSA) is 103 Å². The molecule has 2 aliphatic carbocycles. The van der Waals surface area contributed by atoms with E-state index < -0.39 is 26.6 Å². The predicted octanol–water partition coefficient (Wildman–Crippen LogP) is 3.36. The highest BCUT2D eigenvalue weighted by Gasteiger charge is 2.67. The number of aromatic nitrogens is 2. The van der Waals surface area contributed by atoms with Crippen LogP contribution >= 0.6 is 0 Å². The highest BCUT2D eigenvalue weighted by molar-refractivity contribution is 7.90. The van der Waals surface area contributed by atoms with Crippen molar-refractivity contribution in [2.45, 2.75) is 67.8 Å². The van der Waals surface area contributed by atoms with Crippen LogP contribution in [0.2, 0.25) is 0 Å². The quantitative estimate of drug-likeness (QED) is 0.580. The number of fused-ring (bicyclic) bond motifs is 1. The summed E-state index contributed by atoms with van der Waals surface area (Å²) in [4.78, 5) is 19.5. The van der Waals surface area contributed by atoms with E-state index in [0.717, 1.165) is 19.6 Å². The molecule has 2 atom stereocenters. The van der Waals surface area contributed by atoms with Crippen molar-refractivity contribution >= 4 is 15.7 Å². The van der Waals surface area contributed by atoms with E-state index in [1.807, 2.05) is 13.8 Å².